The van der Waals surface area contributed by atoms with E-state index in [0.29, 0.717) is 25.6 Å². The first kappa shape index (κ1) is 21.9. The zero-order chi connectivity index (χ0) is 18.7. The molecule has 2 aliphatic heterocycles. The maximum atomic E-state index is 11.3. The molecule has 4 heteroatoms. The van der Waals surface area contributed by atoms with E-state index >= 15 is 0 Å². The number of ether oxygens (including phenoxy) is 2. The lowest BCUT2D eigenvalue weighted by molar-refractivity contribution is -0.151. The molecule has 2 saturated heterocycles. The molecule has 2 bridgehead atoms. The predicted molar refractivity (Wildman–Crippen MR) is 100 cm³/mol. The summed E-state index contributed by atoms with van der Waals surface area (Å²) in [5.74, 6) is -1.10. The maximum absolute atomic E-state index is 11.3. The number of fused-ring (bicyclic) bond motifs is 2. The van der Waals surface area contributed by atoms with Gasteiger partial charge in [-0.1, -0.05) is 38.8 Å². The molecule has 0 amide bonds. The van der Waals surface area contributed by atoms with Gasteiger partial charge in [0.1, 0.15) is 11.7 Å². The van der Waals surface area contributed by atoms with Crippen LogP contribution >= 0.6 is 0 Å². The van der Waals surface area contributed by atoms with Crippen molar-refractivity contribution in [3.05, 3.63) is 12.2 Å². The minimum absolute atomic E-state index is 0.0656. The summed E-state index contributed by atoms with van der Waals surface area (Å²) in [5.41, 5.74) is 0.279. The fourth-order valence-electron chi connectivity index (χ4n) is 3.32. The first-order valence-electron chi connectivity index (χ1n) is 9.94. The number of ketones is 1. The first-order valence-corrected chi connectivity index (χ1v) is 9.94. The average molecular weight is 353 g/mol. The van der Waals surface area contributed by atoms with Gasteiger partial charge >= 0.3 is 5.97 Å². The van der Waals surface area contributed by atoms with Crippen LogP contribution in [0.25, 0.3) is 0 Å². The van der Waals surface area contributed by atoms with Crippen molar-refractivity contribution < 1.29 is 19.1 Å². The van der Waals surface area contributed by atoms with E-state index in [-0.39, 0.29) is 11.4 Å². The molecule has 0 saturated carbocycles. The number of carbonyl (C=O) groups excluding carboxylic acids is 2. The Morgan fingerprint density at radius 1 is 1.20 bits per heavy atom. The Kier molecular flexibility index (Phi) is 10.0. The van der Waals surface area contributed by atoms with Crippen molar-refractivity contribution in [2.75, 3.05) is 6.61 Å². The summed E-state index contributed by atoms with van der Waals surface area (Å²) in [6, 6.07) is 0. The molecule has 2 aliphatic rings. The molecule has 2 heterocycles. The van der Waals surface area contributed by atoms with Gasteiger partial charge in [-0.3, -0.25) is 9.59 Å². The van der Waals surface area contributed by atoms with E-state index in [1.165, 1.54) is 38.5 Å². The van der Waals surface area contributed by atoms with Gasteiger partial charge < -0.3 is 9.47 Å². The van der Waals surface area contributed by atoms with Gasteiger partial charge in [-0.05, 0) is 52.4 Å². The van der Waals surface area contributed by atoms with Crippen LogP contribution in [0.5, 0.6) is 0 Å². The number of hydrogen-bond acceptors (Lipinski definition) is 4. The highest BCUT2D eigenvalue weighted by Crippen LogP contribution is 2.39. The fraction of sp³-hybridized carbons (Fsp3) is 0.810. The van der Waals surface area contributed by atoms with Gasteiger partial charge in [0, 0.05) is 6.42 Å². The molecule has 3 atom stereocenters. The van der Waals surface area contributed by atoms with Crippen LogP contribution in [-0.2, 0) is 19.1 Å². The van der Waals surface area contributed by atoms with Crippen LogP contribution < -0.4 is 0 Å². The number of Topliss-reactive ketones (excluding diaryl/α,β-unsaturated/α-hetero) is 1. The Labute approximate surface area is 153 Å². The largest absolute Gasteiger partial charge is 0.465 e. The molecular weight excluding hydrogens is 316 g/mol. The second-order valence-electron chi connectivity index (χ2n) is 7.35. The summed E-state index contributed by atoms with van der Waals surface area (Å²) in [5, 5.41) is 0. The molecule has 0 radical (unpaired) electrons. The highest BCUT2D eigenvalue weighted by molar-refractivity contribution is 5.98. The second kappa shape index (κ2) is 11.5. The number of rotatable bonds is 7. The van der Waals surface area contributed by atoms with Crippen molar-refractivity contribution in [1.29, 1.82) is 0 Å². The van der Waals surface area contributed by atoms with Crippen molar-refractivity contribution in [2.24, 2.45) is 5.92 Å². The molecule has 0 aromatic carbocycles. The van der Waals surface area contributed by atoms with Gasteiger partial charge in [-0.25, -0.2) is 0 Å². The van der Waals surface area contributed by atoms with Crippen LogP contribution in [0.2, 0.25) is 0 Å². The summed E-state index contributed by atoms with van der Waals surface area (Å²) in [6.07, 6.45) is 14.7. The standard InChI is InChI=1S/C12H20O3.C9H16O/c1-4-6-7-8-9-15-12(14)10(3)11(13)5-2;1-9-6-3-2-4-8(10-9)5-7-9/h6-7,10H,4-5,8-9H2,1-3H3;8H,2-7H2,1H3/b7-6-;. The van der Waals surface area contributed by atoms with E-state index in [9.17, 15) is 9.59 Å². The topological polar surface area (TPSA) is 52.6 Å². The Balaban J connectivity index is 0.000000267. The summed E-state index contributed by atoms with van der Waals surface area (Å²) < 4.78 is 10.9. The Morgan fingerprint density at radius 2 is 1.96 bits per heavy atom. The van der Waals surface area contributed by atoms with E-state index < -0.39 is 11.9 Å². The molecule has 0 aromatic heterocycles. The Morgan fingerprint density at radius 3 is 2.64 bits per heavy atom. The summed E-state index contributed by atoms with van der Waals surface area (Å²) in [4.78, 5) is 22.5. The van der Waals surface area contributed by atoms with Crippen LogP contribution in [0, 0.1) is 5.92 Å². The van der Waals surface area contributed by atoms with Crippen molar-refractivity contribution in [3.63, 3.8) is 0 Å². The SMILES string of the molecule is CC/C=C\CCOC(=O)C(C)C(=O)CC.CC12CCCCC(CC1)O2. The lowest BCUT2D eigenvalue weighted by Gasteiger charge is -2.21. The van der Waals surface area contributed by atoms with Gasteiger partial charge in [-0.15, -0.1) is 0 Å². The highest BCUT2D eigenvalue weighted by Gasteiger charge is 2.37. The molecule has 0 N–H and O–H groups in total. The van der Waals surface area contributed by atoms with E-state index in [0.717, 1.165) is 6.42 Å². The molecule has 2 fully saturated rings. The van der Waals surface area contributed by atoms with Crippen LogP contribution in [0.15, 0.2) is 12.2 Å². The van der Waals surface area contributed by atoms with E-state index in [2.05, 4.69) is 6.92 Å². The zero-order valence-electron chi connectivity index (χ0n) is 16.5. The van der Waals surface area contributed by atoms with Gasteiger partial charge in [0.25, 0.3) is 0 Å². The molecule has 3 unspecified atom stereocenters. The number of allylic oxidation sites excluding steroid dienone is 1. The molecule has 0 spiro atoms. The van der Waals surface area contributed by atoms with Crippen LogP contribution in [0.1, 0.15) is 85.5 Å². The molecule has 144 valence electrons. The van der Waals surface area contributed by atoms with E-state index in [4.69, 9.17) is 9.47 Å². The molecular formula is C21H36O4. The number of hydrogen-bond donors (Lipinski definition) is 0. The average Bonchev–Trinajstić information content (AvgIpc) is 2.86. The normalized spacial score (nSPS) is 26.5. The smallest absolute Gasteiger partial charge is 0.316 e. The van der Waals surface area contributed by atoms with Gasteiger partial charge in [0.2, 0.25) is 0 Å². The molecule has 25 heavy (non-hydrogen) atoms. The minimum Gasteiger partial charge on any atom is -0.465 e. The van der Waals surface area contributed by atoms with E-state index in [1.54, 1.807) is 13.8 Å². The monoisotopic (exact) mass is 352 g/mol. The number of carbonyl (C=O) groups is 2. The third-order valence-corrected chi connectivity index (χ3v) is 5.04. The Bertz CT molecular complexity index is 441. The lowest BCUT2D eigenvalue weighted by atomic mass is 9.92. The fourth-order valence-corrected chi connectivity index (χ4v) is 3.32. The van der Waals surface area contributed by atoms with Crippen LogP contribution in [-0.4, -0.2) is 30.1 Å². The molecule has 4 nitrogen and oxygen atoms in total. The van der Waals surface area contributed by atoms with Crippen LogP contribution in [0.4, 0.5) is 0 Å². The van der Waals surface area contributed by atoms with Gasteiger partial charge in [0.05, 0.1) is 18.3 Å². The highest BCUT2D eigenvalue weighted by atomic mass is 16.5. The summed E-state index contributed by atoms with van der Waals surface area (Å²) in [7, 11) is 0. The lowest BCUT2D eigenvalue weighted by Crippen LogP contribution is -2.22. The Hall–Kier alpha value is -1.16. The predicted octanol–water partition coefficient (Wildman–Crippen LogP) is 5.00. The summed E-state index contributed by atoms with van der Waals surface area (Å²) in [6.45, 7) is 8.02. The van der Waals surface area contributed by atoms with Crippen molar-refractivity contribution in [1.82, 2.24) is 0 Å². The molecule has 0 aromatic rings. The summed E-state index contributed by atoms with van der Waals surface area (Å²) >= 11 is 0. The quantitative estimate of drug-likeness (QED) is 0.280. The second-order valence-corrected chi connectivity index (χ2v) is 7.35. The van der Waals surface area contributed by atoms with Gasteiger partial charge in [-0.2, -0.15) is 0 Å². The third kappa shape index (κ3) is 8.17. The van der Waals surface area contributed by atoms with Crippen molar-refractivity contribution in [3.8, 4) is 0 Å². The van der Waals surface area contributed by atoms with Crippen molar-refractivity contribution >= 4 is 11.8 Å². The molecule has 0 aliphatic carbocycles. The maximum Gasteiger partial charge on any atom is 0.316 e. The molecule has 2 rings (SSSR count). The van der Waals surface area contributed by atoms with Crippen LogP contribution in [0.3, 0.4) is 0 Å². The number of esters is 1. The first-order chi connectivity index (χ1) is 11.9. The van der Waals surface area contributed by atoms with Gasteiger partial charge in [0.15, 0.2) is 0 Å². The van der Waals surface area contributed by atoms with E-state index in [1.807, 2.05) is 19.1 Å². The zero-order valence-corrected chi connectivity index (χ0v) is 16.5. The van der Waals surface area contributed by atoms with Crippen molar-refractivity contribution in [2.45, 2.75) is 97.2 Å². The third-order valence-electron chi connectivity index (χ3n) is 5.04. The minimum atomic E-state index is -0.620.